The van der Waals surface area contributed by atoms with Crippen molar-refractivity contribution in [1.82, 2.24) is 15.0 Å². The first-order chi connectivity index (χ1) is 9.51. The van der Waals surface area contributed by atoms with Crippen molar-refractivity contribution in [3.8, 4) is 11.9 Å². The van der Waals surface area contributed by atoms with Crippen LogP contribution in [0.3, 0.4) is 0 Å². The number of aromatic nitrogens is 3. The van der Waals surface area contributed by atoms with E-state index in [2.05, 4.69) is 15.0 Å². The van der Waals surface area contributed by atoms with Crippen LogP contribution in [-0.2, 0) is 4.79 Å². The van der Waals surface area contributed by atoms with Crippen LogP contribution in [0.1, 0.15) is 19.4 Å². The fourth-order valence-corrected chi connectivity index (χ4v) is 1.62. The number of nitriles is 1. The number of aromatic amines is 1. The van der Waals surface area contributed by atoms with Crippen LogP contribution in [-0.4, -0.2) is 27.0 Å². The maximum absolute atomic E-state index is 11.1. The van der Waals surface area contributed by atoms with E-state index in [1.165, 1.54) is 12.3 Å². The van der Waals surface area contributed by atoms with Crippen molar-refractivity contribution >= 4 is 23.1 Å². The average molecular weight is 271 g/mol. The zero-order valence-electron chi connectivity index (χ0n) is 11.0. The highest BCUT2D eigenvalue weighted by Crippen LogP contribution is 2.20. The minimum Gasteiger partial charge on any atom is -0.474 e. The number of amides is 1. The van der Waals surface area contributed by atoms with Gasteiger partial charge in [-0.05, 0) is 19.9 Å². The third-order valence-corrected chi connectivity index (χ3v) is 2.43. The van der Waals surface area contributed by atoms with Crippen LogP contribution in [0.2, 0.25) is 0 Å². The van der Waals surface area contributed by atoms with E-state index >= 15 is 0 Å². The monoisotopic (exact) mass is 271 g/mol. The predicted octanol–water partition coefficient (Wildman–Crippen LogP) is 1.14. The highest BCUT2D eigenvalue weighted by Gasteiger charge is 2.10. The number of nitrogens with two attached hydrogens (primary N) is 1. The molecule has 0 fully saturated rings. The topological polar surface area (TPSA) is 118 Å². The van der Waals surface area contributed by atoms with E-state index < -0.39 is 5.91 Å². The van der Waals surface area contributed by atoms with Gasteiger partial charge in [0, 0.05) is 11.8 Å². The molecule has 0 spiro atoms. The van der Waals surface area contributed by atoms with Crippen LogP contribution in [0.25, 0.3) is 17.2 Å². The molecule has 1 amide bonds. The zero-order valence-corrected chi connectivity index (χ0v) is 11.0. The van der Waals surface area contributed by atoms with E-state index in [9.17, 15) is 4.79 Å². The fraction of sp³-hybridized carbons (Fsp3) is 0.231. The molecule has 0 aromatic carbocycles. The Morgan fingerprint density at radius 1 is 1.60 bits per heavy atom. The molecule has 2 heterocycles. The Kier molecular flexibility index (Phi) is 3.66. The molecule has 0 unspecified atom stereocenters. The maximum Gasteiger partial charge on any atom is 0.259 e. The summed E-state index contributed by atoms with van der Waals surface area (Å²) in [4.78, 5) is 22.4. The van der Waals surface area contributed by atoms with E-state index in [4.69, 9.17) is 15.7 Å². The van der Waals surface area contributed by atoms with Crippen molar-refractivity contribution in [2.24, 2.45) is 5.73 Å². The van der Waals surface area contributed by atoms with Crippen molar-refractivity contribution in [1.29, 1.82) is 5.26 Å². The molecule has 2 aromatic rings. The lowest BCUT2D eigenvalue weighted by molar-refractivity contribution is -0.114. The highest BCUT2D eigenvalue weighted by atomic mass is 16.5. The van der Waals surface area contributed by atoms with Crippen LogP contribution in [0.15, 0.2) is 18.0 Å². The fourth-order valence-electron chi connectivity index (χ4n) is 1.62. The van der Waals surface area contributed by atoms with E-state index in [-0.39, 0.29) is 11.7 Å². The average Bonchev–Trinajstić information content (AvgIpc) is 2.77. The first-order valence-electron chi connectivity index (χ1n) is 5.93. The van der Waals surface area contributed by atoms with Gasteiger partial charge in [-0.25, -0.2) is 9.97 Å². The van der Waals surface area contributed by atoms with Gasteiger partial charge in [0.1, 0.15) is 17.2 Å². The molecular formula is C13H13N5O2. The lowest BCUT2D eigenvalue weighted by Crippen LogP contribution is -2.12. The van der Waals surface area contributed by atoms with Gasteiger partial charge in [-0.3, -0.25) is 4.79 Å². The molecule has 0 aliphatic heterocycles. The minimum atomic E-state index is -0.788. The van der Waals surface area contributed by atoms with Crippen molar-refractivity contribution < 1.29 is 9.53 Å². The largest absolute Gasteiger partial charge is 0.474 e. The molecule has 0 aliphatic rings. The van der Waals surface area contributed by atoms with Gasteiger partial charge in [0.2, 0.25) is 5.88 Å². The Balaban J connectivity index is 2.50. The second-order valence-corrected chi connectivity index (χ2v) is 4.35. The van der Waals surface area contributed by atoms with Gasteiger partial charge in [0.05, 0.1) is 12.3 Å². The quantitative estimate of drug-likeness (QED) is 0.638. The number of primary amides is 1. The van der Waals surface area contributed by atoms with Gasteiger partial charge in [-0.15, -0.1) is 0 Å². The highest BCUT2D eigenvalue weighted by molar-refractivity contribution is 6.02. The Hall–Kier alpha value is -2.88. The summed E-state index contributed by atoms with van der Waals surface area (Å²) in [5.74, 6) is -0.413. The number of nitrogens with one attached hydrogen (secondary N) is 1. The van der Waals surface area contributed by atoms with Gasteiger partial charge in [-0.2, -0.15) is 5.26 Å². The molecule has 102 valence electrons. The smallest absolute Gasteiger partial charge is 0.259 e. The summed E-state index contributed by atoms with van der Waals surface area (Å²) in [5, 5.41) is 8.85. The normalized spacial score (nSPS) is 11.6. The van der Waals surface area contributed by atoms with E-state index in [0.717, 1.165) is 0 Å². The molecule has 7 nitrogen and oxygen atoms in total. The van der Waals surface area contributed by atoms with Crippen molar-refractivity contribution in [3.63, 3.8) is 0 Å². The minimum absolute atomic E-state index is 0.0278. The molecule has 2 aromatic heterocycles. The predicted molar refractivity (Wildman–Crippen MR) is 72.4 cm³/mol. The van der Waals surface area contributed by atoms with Gasteiger partial charge >= 0.3 is 0 Å². The third kappa shape index (κ3) is 2.75. The first kappa shape index (κ1) is 13.5. The van der Waals surface area contributed by atoms with Crippen LogP contribution in [0.4, 0.5) is 0 Å². The number of rotatable bonds is 4. The van der Waals surface area contributed by atoms with Gasteiger partial charge in [0.25, 0.3) is 5.91 Å². The lowest BCUT2D eigenvalue weighted by atomic mass is 10.2. The molecule has 0 saturated carbocycles. The summed E-state index contributed by atoms with van der Waals surface area (Å²) < 4.78 is 5.46. The van der Waals surface area contributed by atoms with Crippen LogP contribution >= 0.6 is 0 Å². The molecular weight excluding hydrogens is 258 g/mol. The molecule has 0 bridgehead atoms. The van der Waals surface area contributed by atoms with Crippen molar-refractivity contribution in [3.05, 3.63) is 23.5 Å². The van der Waals surface area contributed by atoms with E-state index in [1.807, 2.05) is 13.8 Å². The third-order valence-electron chi connectivity index (χ3n) is 2.43. The Morgan fingerprint density at radius 2 is 2.35 bits per heavy atom. The summed E-state index contributed by atoms with van der Waals surface area (Å²) in [6.45, 7) is 3.76. The van der Waals surface area contributed by atoms with Crippen LogP contribution in [0, 0.1) is 11.3 Å². The summed E-state index contributed by atoms with van der Waals surface area (Å²) in [7, 11) is 0. The van der Waals surface area contributed by atoms with Crippen LogP contribution in [0.5, 0.6) is 5.88 Å². The Morgan fingerprint density at radius 3 is 2.95 bits per heavy atom. The molecule has 0 saturated heterocycles. The molecule has 0 aliphatic carbocycles. The molecule has 0 radical (unpaired) electrons. The molecule has 0 atom stereocenters. The zero-order chi connectivity index (χ0) is 14.7. The Labute approximate surface area is 115 Å². The number of nitrogens with zero attached hydrogens (tertiary/aromatic N) is 3. The summed E-state index contributed by atoms with van der Waals surface area (Å²) >= 11 is 0. The van der Waals surface area contributed by atoms with Crippen molar-refractivity contribution in [2.45, 2.75) is 20.0 Å². The van der Waals surface area contributed by atoms with Gasteiger partial charge < -0.3 is 15.5 Å². The number of hydrogen-bond donors (Lipinski definition) is 2. The summed E-state index contributed by atoms with van der Waals surface area (Å²) in [5.41, 5.74) is 6.55. The molecule has 7 heteroatoms. The summed E-state index contributed by atoms with van der Waals surface area (Å²) in [6, 6.07) is 1.74. The van der Waals surface area contributed by atoms with E-state index in [1.54, 1.807) is 12.3 Å². The number of ether oxygens (including phenoxy) is 1. The second kappa shape index (κ2) is 5.40. The second-order valence-electron chi connectivity index (χ2n) is 4.35. The molecule has 20 heavy (non-hydrogen) atoms. The maximum atomic E-state index is 11.1. The van der Waals surface area contributed by atoms with Crippen LogP contribution < -0.4 is 10.5 Å². The van der Waals surface area contributed by atoms with E-state index in [0.29, 0.717) is 22.6 Å². The van der Waals surface area contributed by atoms with Gasteiger partial charge in [0.15, 0.2) is 5.65 Å². The first-order valence-corrected chi connectivity index (χ1v) is 5.93. The standard InChI is InChI=1S/C13H13N5O2/c1-7(2)20-10-6-17-13-11(18-10)9(5-16-13)3-8(4-14)12(15)19/h3,5-7H,1-2H3,(H2,15,19)(H,16,17)/b8-3+. The number of carbonyl (C=O) groups is 1. The number of fused-ring (bicyclic) bond motifs is 1. The molecule has 2 rings (SSSR count). The number of hydrogen-bond acceptors (Lipinski definition) is 5. The number of H-pyrrole nitrogens is 1. The Bertz CT molecular complexity index is 724. The molecule has 3 N–H and O–H groups in total. The lowest BCUT2D eigenvalue weighted by Gasteiger charge is -2.07. The van der Waals surface area contributed by atoms with Crippen molar-refractivity contribution in [2.75, 3.05) is 0 Å². The summed E-state index contributed by atoms with van der Waals surface area (Å²) in [6.07, 6.45) is 4.45. The van der Waals surface area contributed by atoms with Gasteiger partial charge in [-0.1, -0.05) is 0 Å². The number of carbonyl (C=O) groups excluding carboxylic acids is 1. The SMILES string of the molecule is CC(C)Oc1cnc2[nH]cc(/C=C(\C#N)C(N)=O)c2n1.